The number of alkyl carbamates (subject to hydrolysis) is 1. The van der Waals surface area contributed by atoms with E-state index in [1.807, 2.05) is 43.3 Å². The molecule has 0 bridgehead atoms. The fourth-order valence-corrected chi connectivity index (χ4v) is 2.85. The van der Waals surface area contributed by atoms with Crippen molar-refractivity contribution >= 4 is 22.0 Å². The van der Waals surface area contributed by atoms with Crippen molar-refractivity contribution in [1.29, 1.82) is 0 Å². The van der Waals surface area contributed by atoms with Crippen molar-refractivity contribution in [3.8, 4) is 0 Å². The maximum absolute atomic E-state index is 11.7. The van der Waals surface area contributed by atoms with Crippen LogP contribution in [-0.4, -0.2) is 11.1 Å². The molecule has 0 saturated carbocycles. The summed E-state index contributed by atoms with van der Waals surface area (Å²) in [6, 6.07) is 11.6. The van der Waals surface area contributed by atoms with E-state index in [2.05, 4.69) is 26.2 Å². The second-order valence-electron chi connectivity index (χ2n) is 4.92. The molecule has 1 aromatic carbocycles. The number of cyclic esters (lactones) is 1. The Morgan fingerprint density at radius 3 is 2.75 bits per heavy atom. The average molecular weight is 333 g/mol. The van der Waals surface area contributed by atoms with Crippen LogP contribution in [0.15, 0.2) is 53.3 Å². The number of nitrogens with zero attached hydrogens (tertiary/aromatic N) is 1. The molecule has 2 atom stereocenters. The van der Waals surface area contributed by atoms with Crippen LogP contribution in [0.5, 0.6) is 0 Å². The summed E-state index contributed by atoms with van der Waals surface area (Å²) in [7, 11) is 0. The molecule has 102 valence electrons. The van der Waals surface area contributed by atoms with E-state index in [0.29, 0.717) is 0 Å². The molecule has 1 aliphatic rings. The lowest BCUT2D eigenvalue weighted by Crippen LogP contribution is -2.39. The van der Waals surface area contributed by atoms with Crippen molar-refractivity contribution in [2.24, 2.45) is 0 Å². The van der Waals surface area contributed by atoms with Gasteiger partial charge in [-0.15, -0.1) is 0 Å². The lowest BCUT2D eigenvalue weighted by atomic mass is 9.84. The van der Waals surface area contributed by atoms with Gasteiger partial charge < -0.3 is 10.1 Å². The number of halogens is 1. The largest absolute Gasteiger partial charge is 0.438 e. The smallest absolute Gasteiger partial charge is 0.408 e. The van der Waals surface area contributed by atoms with Crippen LogP contribution in [0.2, 0.25) is 0 Å². The number of carbonyl (C=O) groups excluding carboxylic acids is 1. The Bertz CT molecular complexity index is 647. The van der Waals surface area contributed by atoms with Crippen molar-refractivity contribution in [3.05, 3.63) is 64.4 Å². The molecule has 0 unspecified atom stereocenters. The van der Waals surface area contributed by atoms with Gasteiger partial charge in [-0.25, -0.2) is 4.79 Å². The molecule has 1 amide bonds. The normalized spacial score (nSPS) is 25.1. The highest BCUT2D eigenvalue weighted by Crippen LogP contribution is 2.42. The first-order valence-corrected chi connectivity index (χ1v) is 7.04. The van der Waals surface area contributed by atoms with Crippen LogP contribution >= 0.6 is 15.9 Å². The van der Waals surface area contributed by atoms with E-state index in [-0.39, 0.29) is 6.10 Å². The van der Waals surface area contributed by atoms with Gasteiger partial charge in [0, 0.05) is 22.4 Å². The van der Waals surface area contributed by atoms with Gasteiger partial charge in [0.25, 0.3) is 0 Å². The molecule has 1 aromatic heterocycles. The fraction of sp³-hybridized carbons (Fsp3) is 0.200. The molecule has 0 spiro atoms. The van der Waals surface area contributed by atoms with Gasteiger partial charge in [0.2, 0.25) is 0 Å². The molecular weight excluding hydrogens is 320 g/mol. The van der Waals surface area contributed by atoms with Crippen LogP contribution in [0.25, 0.3) is 0 Å². The number of ether oxygens (including phenoxy) is 1. The minimum atomic E-state index is -0.644. The number of hydrogen-bond acceptors (Lipinski definition) is 3. The molecule has 1 N–H and O–H groups in total. The first-order valence-electron chi connectivity index (χ1n) is 6.24. The number of pyridine rings is 1. The summed E-state index contributed by atoms with van der Waals surface area (Å²) in [5, 5.41) is 2.90. The molecular formula is C15H13BrN2O2. The number of benzene rings is 1. The van der Waals surface area contributed by atoms with Crippen LogP contribution in [0, 0.1) is 0 Å². The van der Waals surface area contributed by atoms with E-state index >= 15 is 0 Å². The molecule has 0 aliphatic carbocycles. The highest BCUT2D eigenvalue weighted by molar-refractivity contribution is 9.10. The zero-order valence-electron chi connectivity index (χ0n) is 10.8. The Morgan fingerprint density at radius 1 is 1.30 bits per heavy atom. The van der Waals surface area contributed by atoms with E-state index in [1.165, 1.54) is 0 Å². The van der Waals surface area contributed by atoms with E-state index in [4.69, 9.17) is 4.74 Å². The second-order valence-corrected chi connectivity index (χ2v) is 5.83. The van der Waals surface area contributed by atoms with Crippen LogP contribution in [0.1, 0.15) is 24.2 Å². The van der Waals surface area contributed by atoms with Gasteiger partial charge in [-0.05, 0) is 34.5 Å². The van der Waals surface area contributed by atoms with Crippen molar-refractivity contribution in [2.45, 2.75) is 18.6 Å². The summed E-state index contributed by atoms with van der Waals surface area (Å²) < 4.78 is 6.33. The summed E-state index contributed by atoms with van der Waals surface area (Å²) in [5.74, 6) is 0. The van der Waals surface area contributed by atoms with Crippen LogP contribution < -0.4 is 5.32 Å². The first-order chi connectivity index (χ1) is 9.59. The molecule has 1 fully saturated rings. The Morgan fingerprint density at radius 2 is 2.05 bits per heavy atom. The van der Waals surface area contributed by atoms with Crippen LogP contribution in [-0.2, 0) is 10.3 Å². The van der Waals surface area contributed by atoms with Crippen LogP contribution in [0.4, 0.5) is 4.79 Å². The third kappa shape index (κ3) is 2.18. The number of rotatable bonds is 2. The predicted molar refractivity (Wildman–Crippen MR) is 78.1 cm³/mol. The van der Waals surface area contributed by atoms with Crippen molar-refractivity contribution in [2.75, 3.05) is 0 Å². The number of amides is 1. The maximum atomic E-state index is 11.7. The molecule has 0 radical (unpaired) electrons. The lowest BCUT2D eigenvalue weighted by molar-refractivity contribution is 0.112. The molecule has 1 saturated heterocycles. The molecule has 20 heavy (non-hydrogen) atoms. The molecule has 4 nitrogen and oxygen atoms in total. The van der Waals surface area contributed by atoms with E-state index in [9.17, 15) is 4.79 Å². The SMILES string of the molecule is C[C@]1(c2cncc(Br)c2)NC(=O)O[C@H]1c1ccccc1. The standard InChI is InChI=1S/C15H13BrN2O2/c1-15(11-7-12(16)9-17-8-11)13(20-14(19)18-15)10-5-3-2-4-6-10/h2-9,13H,1H3,(H,18,19)/t13-,15+/m0/s1. The summed E-state index contributed by atoms with van der Waals surface area (Å²) in [6.45, 7) is 1.94. The second kappa shape index (κ2) is 4.90. The summed E-state index contributed by atoms with van der Waals surface area (Å²) in [4.78, 5) is 15.9. The summed E-state index contributed by atoms with van der Waals surface area (Å²) >= 11 is 3.41. The number of aromatic nitrogens is 1. The zero-order valence-corrected chi connectivity index (χ0v) is 12.4. The monoisotopic (exact) mass is 332 g/mol. The quantitative estimate of drug-likeness (QED) is 0.915. The molecule has 3 rings (SSSR count). The highest BCUT2D eigenvalue weighted by Gasteiger charge is 2.47. The van der Waals surface area contributed by atoms with Gasteiger partial charge in [0.15, 0.2) is 6.10 Å². The van der Waals surface area contributed by atoms with E-state index < -0.39 is 11.6 Å². The van der Waals surface area contributed by atoms with Crippen molar-refractivity contribution < 1.29 is 9.53 Å². The van der Waals surface area contributed by atoms with Crippen molar-refractivity contribution in [1.82, 2.24) is 10.3 Å². The lowest BCUT2D eigenvalue weighted by Gasteiger charge is -2.29. The average Bonchev–Trinajstić information content (AvgIpc) is 2.76. The summed E-state index contributed by atoms with van der Waals surface area (Å²) in [5.41, 5.74) is 1.20. The number of carbonyl (C=O) groups is 1. The Kier molecular flexibility index (Phi) is 3.22. The number of nitrogens with one attached hydrogen (secondary N) is 1. The van der Waals surface area contributed by atoms with Gasteiger partial charge in [-0.2, -0.15) is 0 Å². The molecule has 1 aliphatic heterocycles. The maximum Gasteiger partial charge on any atom is 0.408 e. The predicted octanol–water partition coefficient (Wildman–Crippen LogP) is 3.54. The number of hydrogen-bond donors (Lipinski definition) is 1. The van der Waals surface area contributed by atoms with Gasteiger partial charge in [-0.3, -0.25) is 4.98 Å². The third-order valence-corrected chi connectivity index (χ3v) is 3.95. The Hall–Kier alpha value is -1.88. The Labute approximate surface area is 125 Å². The van der Waals surface area contributed by atoms with Gasteiger partial charge in [-0.1, -0.05) is 30.3 Å². The molecule has 2 aromatic rings. The van der Waals surface area contributed by atoms with Gasteiger partial charge >= 0.3 is 6.09 Å². The first kappa shape index (κ1) is 13.1. The fourth-order valence-electron chi connectivity index (χ4n) is 2.48. The topological polar surface area (TPSA) is 51.2 Å². The highest BCUT2D eigenvalue weighted by atomic mass is 79.9. The minimum absolute atomic E-state index is 0.382. The van der Waals surface area contributed by atoms with E-state index in [1.54, 1.807) is 12.4 Å². The van der Waals surface area contributed by atoms with Gasteiger partial charge in [0.05, 0.1) is 0 Å². The third-order valence-electron chi connectivity index (χ3n) is 3.52. The minimum Gasteiger partial charge on any atom is -0.438 e. The van der Waals surface area contributed by atoms with Crippen LogP contribution in [0.3, 0.4) is 0 Å². The van der Waals surface area contributed by atoms with E-state index in [0.717, 1.165) is 15.6 Å². The molecule has 2 heterocycles. The molecule has 5 heteroatoms. The summed E-state index contributed by atoms with van der Waals surface area (Å²) in [6.07, 6.45) is 2.66. The van der Waals surface area contributed by atoms with Gasteiger partial charge in [0.1, 0.15) is 5.54 Å². The zero-order chi connectivity index (χ0) is 14.2. The van der Waals surface area contributed by atoms with Crippen molar-refractivity contribution in [3.63, 3.8) is 0 Å². The Balaban J connectivity index is 2.07.